The van der Waals surface area contributed by atoms with Crippen LogP contribution in [0, 0.1) is 5.92 Å². The molecular formula is C32H55N5O6. The van der Waals surface area contributed by atoms with Gasteiger partial charge in [0.2, 0.25) is 5.91 Å². The third-order valence-corrected chi connectivity index (χ3v) is 7.56. The summed E-state index contributed by atoms with van der Waals surface area (Å²) in [7, 11) is 5.67. The van der Waals surface area contributed by atoms with E-state index in [4.69, 9.17) is 9.47 Å². The molecule has 0 saturated carbocycles. The molecule has 43 heavy (non-hydrogen) atoms. The number of hydrogen-bond donors (Lipinski definition) is 3. The molecule has 1 aliphatic heterocycles. The van der Waals surface area contributed by atoms with Crippen LogP contribution in [0.2, 0.25) is 0 Å². The van der Waals surface area contributed by atoms with Crippen LogP contribution < -0.4 is 15.4 Å². The number of aliphatic hydroxyl groups is 1. The molecular weight excluding hydrogens is 550 g/mol. The normalized spacial score (nSPS) is 21.0. The Morgan fingerprint density at radius 1 is 1.14 bits per heavy atom. The van der Waals surface area contributed by atoms with Crippen molar-refractivity contribution in [1.82, 2.24) is 20.0 Å². The summed E-state index contributed by atoms with van der Waals surface area (Å²) in [5.74, 6) is -0.135. The fraction of sp³-hybridized carbons (Fsp3) is 0.719. The van der Waals surface area contributed by atoms with Crippen LogP contribution in [0.5, 0.6) is 5.75 Å². The number of likely N-dealkylation sites (N-methyl/N-ethyl adjacent to an activating group) is 1. The second-order valence-corrected chi connectivity index (χ2v) is 12.5. The maximum absolute atomic E-state index is 14.2. The van der Waals surface area contributed by atoms with Crippen LogP contribution in [0.25, 0.3) is 0 Å². The zero-order valence-electron chi connectivity index (χ0n) is 27.5. The number of nitrogens with zero attached hydrogens (tertiary/aromatic N) is 3. The van der Waals surface area contributed by atoms with Gasteiger partial charge in [-0.15, -0.1) is 0 Å². The Labute approximate surface area is 258 Å². The van der Waals surface area contributed by atoms with Crippen molar-refractivity contribution in [2.24, 2.45) is 5.92 Å². The van der Waals surface area contributed by atoms with Gasteiger partial charge in [-0.25, -0.2) is 4.79 Å². The minimum absolute atomic E-state index is 0.00722. The number of ether oxygens (including phenoxy) is 2. The van der Waals surface area contributed by atoms with Gasteiger partial charge in [0.1, 0.15) is 5.75 Å². The number of urea groups is 1. The van der Waals surface area contributed by atoms with Crippen LogP contribution in [0.1, 0.15) is 77.1 Å². The van der Waals surface area contributed by atoms with Gasteiger partial charge in [0.15, 0.2) is 0 Å². The molecule has 4 atom stereocenters. The zero-order valence-corrected chi connectivity index (χ0v) is 27.5. The van der Waals surface area contributed by atoms with E-state index >= 15 is 0 Å². The van der Waals surface area contributed by atoms with Crippen molar-refractivity contribution >= 4 is 23.5 Å². The minimum Gasteiger partial charge on any atom is -0.490 e. The Morgan fingerprint density at radius 2 is 1.86 bits per heavy atom. The van der Waals surface area contributed by atoms with E-state index in [-0.39, 0.29) is 48.6 Å². The molecule has 0 fully saturated rings. The number of fused-ring (bicyclic) bond motifs is 1. The molecule has 0 aliphatic carbocycles. The molecule has 2 rings (SSSR count). The first-order valence-corrected chi connectivity index (χ1v) is 15.6. The predicted molar refractivity (Wildman–Crippen MR) is 170 cm³/mol. The van der Waals surface area contributed by atoms with Crippen LogP contribution in [-0.4, -0.2) is 116 Å². The smallest absolute Gasteiger partial charge is 0.317 e. The van der Waals surface area contributed by atoms with Crippen LogP contribution in [0.15, 0.2) is 18.2 Å². The van der Waals surface area contributed by atoms with E-state index in [1.165, 1.54) is 0 Å². The number of hydrogen-bond acceptors (Lipinski definition) is 7. The predicted octanol–water partition coefficient (Wildman–Crippen LogP) is 3.81. The van der Waals surface area contributed by atoms with E-state index in [9.17, 15) is 19.5 Å². The lowest BCUT2D eigenvalue weighted by Crippen LogP contribution is -2.49. The van der Waals surface area contributed by atoms with Crippen LogP contribution in [-0.2, 0) is 9.53 Å². The van der Waals surface area contributed by atoms with Crippen molar-refractivity contribution in [3.63, 3.8) is 0 Å². The molecule has 1 aromatic carbocycles. The van der Waals surface area contributed by atoms with Gasteiger partial charge >= 0.3 is 6.03 Å². The van der Waals surface area contributed by atoms with Gasteiger partial charge in [-0.05, 0) is 92.2 Å². The number of amides is 4. The highest BCUT2D eigenvalue weighted by Crippen LogP contribution is 2.28. The molecule has 1 aliphatic rings. The van der Waals surface area contributed by atoms with E-state index < -0.39 is 6.04 Å². The van der Waals surface area contributed by atoms with Gasteiger partial charge in [-0.3, -0.25) is 9.59 Å². The van der Waals surface area contributed by atoms with Crippen molar-refractivity contribution in [1.29, 1.82) is 0 Å². The fourth-order valence-corrected chi connectivity index (χ4v) is 4.95. The van der Waals surface area contributed by atoms with Gasteiger partial charge in [0.05, 0.1) is 30.4 Å². The molecule has 11 nitrogen and oxygen atoms in total. The monoisotopic (exact) mass is 605 g/mol. The van der Waals surface area contributed by atoms with Gasteiger partial charge in [0.25, 0.3) is 5.91 Å². The summed E-state index contributed by atoms with van der Waals surface area (Å²) in [5.41, 5.74) is 0.844. The third-order valence-electron chi connectivity index (χ3n) is 7.56. The summed E-state index contributed by atoms with van der Waals surface area (Å²) in [4.78, 5) is 44.8. The quantitative estimate of drug-likeness (QED) is 0.371. The molecule has 0 saturated heterocycles. The van der Waals surface area contributed by atoms with E-state index in [0.29, 0.717) is 43.1 Å². The fourth-order valence-electron chi connectivity index (χ4n) is 4.95. The molecule has 0 aromatic heterocycles. The summed E-state index contributed by atoms with van der Waals surface area (Å²) in [6, 6.07) is 4.51. The number of carbonyl (C=O) groups is 3. The third kappa shape index (κ3) is 12.3. The molecule has 1 heterocycles. The number of carbonyl (C=O) groups excluding carboxylic acids is 3. The summed E-state index contributed by atoms with van der Waals surface area (Å²) in [5, 5.41) is 16.0. The van der Waals surface area contributed by atoms with Crippen LogP contribution >= 0.6 is 0 Å². The number of benzene rings is 1. The molecule has 0 radical (unpaired) electrons. The molecule has 3 N–H and O–H groups in total. The van der Waals surface area contributed by atoms with E-state index in [0.717, 1.165) is 32.2 Å². The van der Waals surface area contributed by atoms with Crippen molar-refractivity contribution in [3.05, 3.63) is 23.8 Å². The standard InChI is InChI=1S/C32H55N5O6/c1-22(2)33-32(41)36(8)20-29-23(3)19-37(24(4)21-38)31(40)27-18-26(34-30(39)13-11-16-35(6)7)14-15-28(27)43-25(5)12-9-10-17-42-29/h14-15,18,22-25,29,38H,9-13,16-17,19-21H2,1-8H3,(H,33,41)(H,34,39)/t23-,24-,25-,29+/m1/s1. The molecule has 0 spiro atoms. The first-order valence-electron chi connectivity index (χ1n) is 15.6. The van der Waals surface area contributed by atoms with Gasteiger partial charge < -0.3 is 39.9 Å². The van der Waals surface area contributed by atoms with Crippen molar-refractivity contribution < 1.29 is 29.0 Å². The first kappa shape index (κ1) is 36.3. The number of aliphatic hydroxyl groups excluding tert-OH is 1. The van der Waals surface area contributed by atoms with Gasteiger partial charge in [-0.2, -0.15) is 0 Å². The second-order valence-electron chi connectivity index (χ2n) is 12.5. The van der Waals surface area contributed by atoms with E-state index in [2.05, 4.69) is 10.6 Å². The average Bonchev–Trinajstić information content (AvgIpc) is 2.93. The minimum atomic E-state index is -0.486. The zero-order chi connectivity index (χ0) is 32.1. The largest absolute Gasteiger partial charge is 0.490 e. The average molecular weight is 606 g/mol. The van der Waals surface area contributed by atoms with Gasteiger partial charge in [-0.1, -0.05) is 6.92 Å². The second kappa shape index (κ2) is 18.0. The van der Waals surface area contributed by atoms with E-state index in [1.807, 2.05) is 46.7 Å². The molecule has 0 bridgehead atoms. The van der Waals surface area contributed by atoms with Crippen molar-refractivity contribution in [2.45, 2.75) is 91.0 Å². The lowest BCUT2D eigenvalue weighted by molar-refractivity contribution is -0.116. The number of rotatable bonds is 10. The SMILES string of the molecule is CC(C)NC(=O)N(C)C[C@@H]1OCCCC[C@@H](C)Oc2ccc(NC(=O)CCCN(C)C)cc2C(=O)N([C@H](C)CO)C[C@H]1C. The Morgan fingerprint density at radius 3 is 2.51 bits per heavy atom. The van der Waals surface area contributed by atoms with Crippen LogP contribution in [0.4, 0.5) is 10.5 Å². The molecule has 244 valence electrons. The summed E-state index contributed by atoms with van der Waals surface area (Å²) in [6.45, 7) is 11.3. The molecule has 11 heteroatoms. The highest BCUT2D eigenvalue weighted by molar-refractivity contribution is 5.99. The number of anilines is 1. The van der Waals surface area contributed by atoms with Crippen molar-refractivity contribution in [3.8, 4) is 5.75 Å². The first-order chi connectivity index (χ1) is 20.3. The molecule has 1 aromatic rings. The summed E-state index contributed by atoms with van der Waals surface area (Å²) in [6.07, 6.45) is 3.10. The molecule has 4 amide bonds. The lowest BCUT2D eigenvalue weighted by Gasteiger charge is -2.36. The highest BCUT2D eigenvalue weighted by Gasteiger charge is 2.31. The maximum Gasteiger partial charge on any atom is 0.317 e. The lowest BCUT2D eigenvalue weighted by atomic mass is 10.0. The number of nitrogens with one attached hydrogen (secondary N) is 2. The van der Waals surface area contributed by atoms with E-state index in [1.54, 1.807) is 42.0 Å². The maximum atomic E-state index is 14.2. The Bertz CT molecular complexity index is 1040. The molecule has 0 unspecified atom stereocenters. The Hall–Kier alpha value is -2.89. The van der Waals surface area contributed by atoms with Crippen molar-refractivity contribution in [2.75, 3.05) is 59.3 Å². The Kier molecular flexibility index (Phi) is 15.2. The highest BCUT2D eigenvalue weighted by atomic mass is 16.5. The topological polar surface area (TPSA) is 124 Å². The van der Waals surface area contributed by atoms with Gasteiger partial charge in [0, 0.05) is 50.8 Å². The summed E-state index contributed by atoms with van der Waals surface area (Å²) < 4.78 is 12.6. The Balaban J connectivity index is 2.39. The van der Waals surface area contributed by atoms with Crippen LogP contribution in [0.3, 0.4) is 0 Å². The summed E-state index contributed by atoms with van der Waals surface area (Å²) >= 11 is 0.